The van der Waals surface area contributed by atoms with E-state index < -0.39 is 0 Å². The fourth-order valence-corrected chi connectivity index (χ4v) is 14.9. The molecule has 0 bridgehead atoms. The van der Waals surface area contributed by atoms with Crippen LogP contribution in [0.2, 0.25) is 0 Å². The Morgan fingerprint density at radius 2 is 1.04 bits per heavy atom. The number of fused-ring (bicyclic) bond motifs is 9. The number of hydrogen-bond acceptors (Lipinski definition) is 3. The highest BCUT2D eigenvalue weighted by molar-refractivity contribution is 7.26. The maximum absolute atomic E-state index is 2.77. The van der Waals surface area contributed by atoms with E-state index in [2.05, 4.69) is 199 Å². The van der Waals surface area contributed by atoms with Gasteiger partial charge in [-0.2, -0.15) is 0 Å². The number of rotatable bonds is 4. The summed E-state index contributed by atoms with van der Waals surface area (Å²) in [6, 6.07) is 53.1. The molecule has 4 heteroatoms. The van der Waals surface area contributed by atoms with Crippen LogP contribution in [0.3, 0.4) is 0 Å². The third-order valence-electron chi connectivity index (χ3n) is 18.0. The molecule has 8 aromatic rings. The Morgan fingerprint density at radius 1 is 0.456 bits per heavy atom. The fraction of sp³-hybridized carbons (Fsp3) is 0.344. The lowest BCUT2D eigenvalue weighted by Gasteiger charge is -2.48. The van der Waals surface area contributed by atoms with Crippen molar-refractivity contribution in [3.05, 3.63) is 161 Å². The molecule has 0 unspecified atom stereocenters. The Morgan fingerprint density at radius 3 is 1.78 bits per heavy atom. The van der Waals surface area contributed by atoms with E-state index in [1.165, 1.54) is 167 Å². The van der Waals surface area contributed by atoms with Gasteiger partial charge in [0.1, 0.15) is 0 Å². The molecule has 0 atom stereocenters. The monoisotopic (exact) mass is 904 g/mol. The number of thiophene rings is 1. The Labute approximate surface area is 409 Å². The van der Waals surface area contributed by atoms with Crippen LogP contribution < -0.4 is 26.2 Å². The van der Waals surface area contributed by atoms with Crippen LogP contribution in [0.1, 0.15) is 147 Å². The van der Waals surface area contributed by atoms with E-state index in [1.54, 1.807) is 0 Å². The van der Waals surface area contributed by atoms with E-state index in [0.717, 1.165) is 0 Å². The third kappa shape index (κ3) is 6.34. The average Bonchev–Trinajstić information content (AvgIpc) is 3.71. The molecule has 68 heavy (non-hydrogen) atoms. The van der Waals surface area contributed by atoms with Crippen molar-refractivity contribution in [2.45, 2.75) is 141 Å². The first-order valence-electron chi connectivity index (χ1n) is 25.9. The number of para-hydroxylation sites is 1. The quantitative estimate of drug-likeness (QED) is 0.162. The minimum atomic E-state index is 0.0514. The molecule has 2 nitrogen and oxygen atoms in total. The van der Waals surface area contributed by atoms with Crippen LogP contribution >= 0.6 is 11.3 Å². The molecular formula is C64H65BN2S. The molecule has 13 rings (SSSR count). The minimum absolute atomic E-state index is 0.0514. The standard InChI is InChI=1S/C64H65BN2S/c1-61(2)29-30-62(3,4)48-35-43(27-28-47(48)61)66-55-38-50-49(63(5,6)31-32-64(50,7)8)37-51(55)65-52-39-59-46(45-24-16-18-26-58(45)68-59)36-54(52)67(53-25-17-15-23-44(53)41-21-13-10-14-22-41)57-34-42(33-56(66)60(57)65)40-19-11-9-12-20-40/h10,13-18,21-28,33-40H,9,11-12,19-20,29-32H2,1-8H3. The van der Waals surface area contributed by atoms with Crippen LogP contribution in [0.4, 0.5) is 34.1 Å². The van der Waals surface area contributed by atoms with Crippen LogP contribution in [0, 0.1) is 0 Å². The van der Waals surface area contributed by atoms with Gasteiger partial charge < -0.3 is 9.80 Å². The molecule has 2 aliphatic heterocycles. The highest BCUT2D eigenvalue weighted by Gasteiger charge is 2.48. The number of nitrogens with zero attached hydrogens (tertiary/aromatic N) is 2. The van der Waals surface area contributed by atoms with Crippen molar-refractivity contribution < 1.29 is 0 Å². The lowest BCUT2D eigenvalue weighted by atomic mass is 9.33. The Hall–Kier alpha value is -5.58. The molecule has 0 amide bonds. The molecule has 7 aromatic carbocycles. The molecule has 5 aliphatic rings. The number of hydrogen-bond donors (Lipinski definition) is 0. The van der Waals surface area contributed by atoms with Gasteiger partial charge in [-0.3, -0.25) is 0 Å². The van der Waals surface area contributed by atoms with E-state index >= 15 is 0 Å². The molecule has 1 saturated carbocycles. The molecule has 0 N–H and O–H groups in total. The zero-order chi connectivity index (χ0) is 46.5. The zero-order valence-corrected chi connectivity index (χ0v) is 42.3. The predicted molar refractivity (Wildman–Crippen MR) is 295 cm³/mol. The van der Waals surface area contributed by atoms with Gasteiger partial charge in [0, 0.05) is 54.2 Å². The second kappa shape index (κ2) is 15.0. The first-order chi connectivity index (χ1) is 32.7. The maximum Gasteiger partial charge on any atom is 0.252 e. The van der Waals surface area contributed by atoms with Gasteiger partial charge in [0.25, 0.3) is 6.71 Å². The highest BCUT2D eigenvalue weighted by atomic mass is 32.1. The van der Waals surface area contributed by atoms with Gasteiger partial charge >= 0.3 is 0 Å². The van der Waals surface area contributed by atoms with Gasteiger partial charge in [-0.25, -0.2) is 0 Å². The van der Waals surface area contributed by atoms with Crippen LogP contribution in [0.15, 0.2) is 133 Å². The summed E-state index contributed by atoms with van der Waals surface area (Å²) < 4.78 is 2.72. The number of benzene rings is 7. The summed E-state index contributed by atoms with van der Waals surface area (Å²) in [5.74, 6) is 0.523. The van der Waals surface area contributed by atoms with Crippen molar-refractivity contribution in [1.29, 1.82) is 0 Å². The van der Waals surface area contributed by atoms with E-state index in [1.807, 2.05) is 11.3 Å². The normalized spacial score (nSPS) is 19.6. The summed E-state index contributed by atoms with van der Waals surface area (Å²) in [6.45, 7) is 20.0. The van der Waals surface area contributed by atoms with Crippen molar-refractivity contribution in [3.8, 4) is 11.1 Å². The van der Waals surface area contributed by atoms with E-state index in [9.17, 15) is 0 Å². The van der Waals surface area contributed by atoms with Gasteiger partial charge in [-0.05, 0) is 170 Å². The van der Waals surface area contributed by atoms with Crippen LogP contribution in [0.25, 0.3) is 31.3 Å². The van der Waals surface area contributed by atoms with Gasteiger partial charge in [-0.1, -0.05) is 154 Å². The van der Waals surface area contributed by atoms with E-state index in [4.69, 9.17) is 0 Å². The smallest absolute Gasteiger partial charge is 0.252 e. The van der Waals surface area contributed by atoms with E-state index in [-0.39, 0.29) is 28.4 Å². The average molecular weight is 905 g/mol. The van der Waals surface area contributed by atoms with Crippen molar-refractivity contribution >= 4 is 88.7 Å². The van der Waals surface area contributed by atoms with Gasteiger partial charge in [0.2, 0.25) is 0 Å². The summed E-state index contributed by atoms with van der Waals surface area (Å²) in [5, 5.41) is 2.70. The first-order valence-corrected chi connectivity index (χ1v) is 26.7. The maximum atomic E-state index is 2.77. The molecule has 1 aromatic heterocycles. The van der Waals surface area contributed by atoms with Crippen LogP contribution in [-0.4, -0.2) is 6.71 Å². The lowest BCUT2D eigenvalue weighted by Crippen LogP contribution is -2.62. The Balaban J connectivity index is 1.18. The number of anilines is 6. The van der Waals surface area contributed by atoms with E-state index in [0.29, 0.717) is 5.92 Å². The highest BCUT2D eigenvalue weighted by Crippen LogP contribution is 2.54. The fourth-order valence-electron chi connectivity index (χ4n) is 13.7. The van der Waals surface area contributed by atoms with Crippen molar-refractivity contribution in [2.24, 2.45) is 0 Å². The molecular weight excluding hydrogens is 840 g/mol. The predicted octanol–water partition coefficient (Wildman–Crippen LogP) is 16.5. The SMILES string of the molecule is CC1(C)CCC(C)(C)c2cc(N3c4cc5c(cc4B4c6cc7sc8ccccc8c7cc6N(c6ccccc6-c6ccccc6)c6cc(C7CCCCC7)cc3c64)C(C)(C)CCC5(C)C)ccc21. The molecule has 1 fully saturated rings. The van der Waals surface area contributed by atoms with Crippen molar-refractivity contribution in [1.82, 2.24) is 0 Å². The van der Waals surface area contributed by atoms with Crippen molar-refractivity contribution in [3.63, 3.8) is 0 Å². The van der Waals surface area contributed by atoms with Crippen molar-refractivity contribution in [2.75, 3.05) is 9.80 Å². The Kier molecular flexibility index (Phi) is 9.36. The summed E-state index contributed by atoms with van der Waals surface area (Å²) in [6.07, 6.45) is 11.2. The molecule has 0 saturated heterocycles. The summed E-state index contributed by atoms with van der Waals surface area (Å²) in [4.78, 5) is 5.50. The second-order valence-corrected chi connectivity index (χ2v) is 25.1. The molecule has 3 heterocycles. The lowest BCUT2D eigenvalue weighted by molar-refractivity contribution is 0.332. The second-order valence-electron chi connectivity index (χ2n) is 24.0. The first kappa shape index (κ1) is 42.5. The van der Waals surface area contributed by atoms with Gasteiger partial charge in [0.05, 0.1) is 5.69 Å². The molecule has 0 radical (unpaired) electrons. The molecule has 340 valence electrons. The topological polar surface area (TPSA) is 6.48 Å². The summed E-state index contributed by atoms with van der Waals surface area (Å²) in [7, 11) is 0. The Bertz CT molecular complexity index is 3360. The largest absolute Gasteiger partial charge is 0.311 e. The zero-order valence-electron chi connectivity index (χ0n) is 41.5. The minimum Gasteiger partial charge on any atom is -0.311 e. The summed E-state index contributed by atoms with van der Waals surface area (Å²) >= 11 is 1.95. The third-order valence-corrected chi connectivity index (χ3v) is 19.1. The molecule has 0 spiro atoms. The van der Waals surface area contributed by atoms with Gasteiger partial charge in [0.15, 0.2) is 0 Å². The molecule has 3 aliphatic carbocycles. The van der Waals surface area contributed by atoms with Crippen LogP contribution in [0.5, 0.6) is 0 Å². The van der Waals surface area contributed by atoms with Crippen LogP contribution in [-0.2, 0) is 21.7 Å². The summed E-state index contributed by atoms with van der Waals surface area (Å²) in [5.41, 5.74) is 22.7. The van der Waals surface area contributed by atoms with Gasteiger partial charge in [-0.15, -0.1) is 11.3 Å².